The molecule has 0 aliphatic carbocycles. The third-order valence-corrected chi connectivity index (χ3v) is 3.45. The molecule has 110 valence electrons. The molecule has 0 bridgehead atoms. The second-order valence-electron chi connectivity index (χ2n) is 4.11. The van der Waals surface area contributed by atoms with Gasteiger partial charge in [0.05, 0.1) is 13.5 Å². The number of ether oxygens (including phenoxy) is 1. The number of rotatable bonds is 5. The van der Waals surface area contributed by atoms with Crippen LogP contribution in [-0.2, 0) is 21.7 Å². The predicted octanol–water partition coefficient (Wildman–Crippen LogP) is 1.21. The van der Waals surface area contributed by atoms with Gasteiger partial charge in [0.2, 0.25) is 11.1 Å². The second kappa shape index (κ2) is 6.89. The van der Waals surface area contributed by atoms with Crippen LogP contribution in [0.25, 0.3) is 0 Å². The smallest absolute Gasteiger partial charge is 0.436 e. The molecule has 2 N–H and O–H groups in total. The Hall–Kier alpha value is -2.35. The topological polar surface area (TPSA) is 100 Å². The van der Waals surface area contributed by atoms with Crippen molar-refractivity contribution in [2.24, 2.45) is 5.73 Å². The Labute approximate surface area is 125 Å². The first-order valence-corrected chi connectivity index (χ1v) is 7.08. The van der Waals surface area contributed by atoms with Crippen molar-refractivity contribution in [2.45, 2.75) is 17.3 Å². The van der Waals surface area contributed by atoms with Gasteiger partial charge in [-0.05, 0) is 5.56 Å². The minimum absolute atomic E-state index is 0.171. The average molecular weight is 306 g/mol. The van der Waals surface area contributed by atoms with Crippen molar-refractivity contribution in [3.63, 3.8) is 0 Å². The molecule has 0 saturated heterocycles. The molecule has 0 aliphatic rings. The molecule has 21 heavy (non-hydrogen) atoms. The number of nitrogens with two attached hydrogens (primary N) is 1. The lowest BCUT2D eigenvalue weighted by atomic mass is 10.2. The summed E-state index contributed by atoms with van der Waals surface area (Å²) in [6, 6.07) is 9.77. The zero-order valence-electron chi connectivity index (χ0n) is 11.4. The fourth-order valence-corrected chi connectivity index (χ4v) is 2.41. The molecule has 7 nitrogen and oxygen atoms in total. The molecule has 0 atom stereocenters. The Bertz CT molecular complexity index is 642. The van der Waals surface area contributed by atoms with Crippen molar-refractivity contribution in [3.8, 4) is 0 Å². The number of methoxy groups -OCH3 is 1. The molecule has 0 saturated carbocycles. The molecule has 0 fully saturated rings. The average Bonchev–Trinajstić information content (AvgIpc) is 2.87. The molecule has 0 unspecified atom stereocenters. The van der Waals surface area contributed by atoms with Gasteiger partial charge in [-0.2, -0.15) is 0 Å². The zero-order valence-corrected chi connectivity index (χ0v) is 12.2. The van der Waals surface area contributed by atoms with Gasteiger partial charge in [-0.25, -0.2) is 9.78 Å². The van der Waals surface area contributed by atoms with Crippen LogP contribution in [0.4, 0.5) is 4.79 Å². The van der Waals surface area contributed by atoms with Gasteiger partial charge in [0.15, 0.2) is 0 Å². The molecule has 1 amide bonds. The standard InChI is InChI=1S/C13H14N4O3S/c1-20-13(19)17-11(7-10(14)18)15-12(16-17)21-8-9-5-3-2-4-6-9/h2-6H,7-8H2,1H3,(H2,14,18). The Kier molecular flexibility index (Phi) is 4.94. The lowest BCUT2D eigenvalue weighted by Gasteiger charge is -2.00. The van der Waals surface area contributed by atoms with Crippen LogP contribution in [0, 0.1) is 0 Å². The van der Waals surface area contributed by atoms with Gasteiger partial charge < -0.3 is 10.5 Å². The van der Waals surface area contributed by atoms with Crippen molar-refractivity contribution in [2.75, 3.05) is 7.11 Å². The van der Waals surface area contributed by atoms with Crippen molar-refractivity contribution in [1.82, 2.24) is 14.8 Å². The quantitative estimate of drug-likeness (QED) is 0.833. The summed E-state index contributed by atoms with van der Waals surface area (Å²) >= 11 is 1.36. The number of nitrogens with zero attached hydrogens (tertiary/aromatic N) is 3. The van der Waals surface area contributed by atoms with Crippen LogP contribution in [0.1, 0.15) is 11.4 Å². The maximum atomic E-state index is 11.6. The molecular formula is C13H14N4O3S. The number of aromatic nitrogens is 3. The van der Waals surface area contributed by atoms with E-state index in [9.17, 15) is 9.59 Å². The minimum Gasteiger partial charge on any atom is -0.451 e. The molecule has 2 aromatic rings. The summed E-state index contributed by atoms with van der Waals surface area (Å²) < 4.78 is 5.55. The fourth-order valence-electron chi connectivity index (χ4n) is 1.61. The van der Waals surface area contributed by atoms with Gasteiger partial charge in [0, 0.05) is 5.75 Å². The molecule has 0 spiro atoms. The summed E-state index contributed by atoms with van der Waals surface area (Å²) in [4.78, 5) is 26.7. The monoisotopic (exact) mass is 306 g/mol. The van der Waals surface area contributed by atoms with Gasteiger partial charge in [-0.15, -0.1) is 9.78 Å². The molecule has 0 aliphatic heterocycles. The largest absolute Gasteiger partial charge is 0.451 e. The van der Waals surface area contributed by atoms with Crippen LogP contribution < -0.4 is 5.73 Å². The first-order chi connectivity index (χ1) is 10.1. The van der Waals surface area contributed by atoms with Crippen molar-refractivity contribution in [3.05, 3.63) is 41.7 Å². The lowest BCUT2D eigenvalue weighted by molar-refractivity contribution is -0.117. The summed E-state index contributed by atoms with van der Waals surface area (Å²) in [5, 5.41) is 4.42. The van der Waals surface area contributed by atoms with E-state index in [4.69, 9.17) is 5.73 Å². The number of amides is 1. The van der Waals surface area contributed by atoms with E-state index in [0.29, 0.717) is 10.9 Å². The summed E-state index contributed by atoms with van der Waals surface area (Å²) in [5.41, 5.74) is 6.24. The summed E-state index contributed by atoms with van der Waals surface area (Å²) in [5.74, 6) is 0.235. The van der Waals surface area contributed by atoms with Crippen molar-refractivity contribution < 1.29 is 14.3 Å². The van der Waals surface area contributed by atoms with Crippen LogP contribution in [0.3, 0.4) is 0 Å². The van der Waals surface area contributed by atoms with Crippen LogP contribution >= 0.6 is 11.8 Å². The Morgan fingerprint density at radius 2 is 2.05 bits per heavy atom. The summed E-state index contributed by atoms with van der Waals surface area (Å²) in [7, 11) is 1.23. The molecule has 0 radical (unpaired) electrons. The normalized spacial score (nSPS) is 10.3. The van der Waals surface area contributed by atoms with Gasteiger partial charge in [-0.1, -0.05) is 42.1 Å². The van der Waals surface area contributed by atoms with Gasteiger partial charge in [0.1, 0.15) is 5.82 Å². The van der Waals surface area contributed by atoms with Crippen LogP contribution in [0.2, 0.25) is 0 Å². The second-order valence-corrected chi connectivity index (χ2v) is 5.05. The van der Waals surface area contributed by atoms with E-state index >= 15 is 0 Å². The molecular weight excluding hydrogens is 292 g/mol. The molecule has 1 aromatic heterocycles. The Morgan fingerprint density at radius 3 is 2.67 bits per heavy atom. The van der Waals surface area contributed by atoms with Crippen LogP contribution in [-0.4, -0.2) is 33.9 Å². The van der Waals surface area contributed by atoms with Crippen molar-refractivity contribution >= 4 is 23.8 Å². The number of benzene rings is 1. The van der Waals surface area contributed by atoms with Crippen LogP contribution in [0.15, 0.2) is 35.5 Å². The maximum absolute atomic E-state index is 11.6. The van der Waals surface area contributed by atoms with E-state index in [1.807, 2.05) is 30.3 Å². The van der Waals surface area contributed by atoms with E-state index < -0.39 is 12.0 Å². The molecule has 1 heterocycles. The van der Waals surface area contributed by atoms with E-state index in [1.165, 1.54) is 18.9 Å². The molecule has 8 heteroatoms. The lowest BCUT2D eigenvalue weighted by Crippen LogP contribution is -2.22. The maximum Gasteiger partial charge on any atom is 0.436 e. The first-order valence-electron chi connectivity index (χ1n) is 6.09. The number of carbonyl (C=O) groups is 2. The highest BCUT2D eigenvalue weighted by Gasteiger charge is 2.18. The summed E-state index contributed by atoms with van der Waals surface area (Å²) in [6.45, 7) is 0. The fraction of sp³-hybridized carbons (Fsp3) is 0.231. The Morgan fingerprint density at radius 1 is 1.33 bits per heavy atom. The number of carbonyl (C=O) groups excluding carboxylic acids is 2. The van der Waals surface area contributed by atoms with E-state index in [-0.39, 0.29) is 12.2 Å². The minimum atomic E-state index is -0.703. The van der Waals surface area contributed by atoms with Crippen LogP contribution in [0.5, 0.6) is 0 Å². The van der Waals surface area contributed by atoms with Crippen molar-refractivity contribution in [1.29, 1.82) is 0 Å². The van der Waals surface area contributed by atoms with Gasteiger partial charge in [-0.3, -0.25) is 4.79 Å². The van der Waals surface area contributed by atoms with E-state index in [0.717, 1.165) is 10.2 Å². The highest BCUT2D eigenvalue weighted by Crippen LogP contribution is 2.20. The Balaban J connectivity index is 2.14. The number of primary amides is 1. The highest BCUT2D eigenvalue weighted by atomic mass is 32.2. The zero-order chi connectivity index (χ0) is 15.2. The predicted molar refractivity (Wildman–Crippen MR) is 76.7 cm³/mol. The number of thioether (sulfide) groups is 1. The van der Waals surface area contributed by atoms with E-state index in [1.54, 1.807) is 0 Å². The first kappa shape index (κ1) is 15.0. The SMILES string of the molecule is COC(=O)n1nc(SCc2ccccc2)nc1CC(N)=O. The molecule has 2 rings (SSSR count). The van der Waals surface area contributed by atoms with Gasteiger partial charge >= 0.3 is 6.09 Å². The third-order valence-electron chi connectivity index (χ3n) is 2.55. The third kappa shape index (κ3) is 4.06. The number of hydrogen-bond acceptors (Lipinski definition) is 6. The summed E-state index contributed by atoms with van der Waals surface area (Å²) in [6.07, 6.45) is -0.876. The van der Waals surface area contributed by atoms with E-state index in [2.05, 4.69) is 14.8 Å². The molecule has 1 aromatic carbocycles. The highest BCUT2D eigenvalue weighted by molar-refractivity contribution is 7.98. The van der Waals surface area contributed by atoms with Gasteiger partial charge in [0.25, 0.3) is 0 Å². The number of hydrogen-bond donors (Lipinski definition) is 1.